The summed E-state index contributed by atoms with van der Waals surface area (Å²) in [5.74, 6) is -0.713. The Morgan fingerprint density at radius 1 is 0.750 bits per heavy atom. The fraction of sp³-hybridized carbons (Fsp3) is 0.0952. The van der Waals surface area contributed by atoms with Crippen molar-refractivity contribution in [3.05, 3.63) is 78.1 Å². The molecule has 0 aliphatic carbocycles. The average Bonchev–Trinajstić information content (AvgIpc) is 2.74. The zero-order chi connectivity index (χ0) is 22.9. The van der Waals surface area contributed by atoms with E-state index >= 15 is 0 Å². The Kier molecular flexibility index (Phi) is 5.61. The summed E-state index contributed by atoms with van der Waals surface area (Å²) in [4.78, 5) is 11.3. The SMILES string of the molecule is O=C1CCc2cc(S(=O)(=O)Nc3ccccc3NS(=O)(=O)c3ccc(F)cc3)ccc2N1. The molecule has 0 radical (unpaired) electrons. The first-order valence-corrected chi connectivity index (χ1v) is 12.4. The lowest BCUT2D eigenvalue weighted by molar-refractivity contribution is -0.116. The fourth-order valence-electron chi connectivity index (χ4n) is 3.21. The maximum absolute atomic E-state index is 13.1. The number of hydrogen-bond acceptors (Lipinski definition) is 5. The van der Waals surface area contributed by atoms with Crippen LogP contribution in [-0.2, 0) is 31.3 Å². The summed E-state index contributed by atoms with van der Waals surface area (Å²) in [5.41, 5.74) is 1.28. The van der Waals surface area contributed by atoms with E-state index in [1.807, 2.05) is 0 Å². The third-order valence-electron chi connectivity index (χ3n) is 4.82. The van der Waals surface area contributed by atoms with Crippen LogP contribution in [0.3, 0.4) is 0 Å². The van der Waals surface area contributed by atoms with Crippen LogP contribution >= 0.6 is 0 Å². The molecule has 0 saturated carbocycles. The Labute approximate surface area is 184 Å². The molecule has 1 aliphatic heterocycles. The Morgan fingerprint density at radius 3 is 1.94 bits per heavy atom. The molecular weight excluding hydrogens is 457 g/mol. The van der Waals surface area contributed by atoms with Crippen LogP contribution in [0, 0.1) is 5.82 Å². The van der Waals surface area contributed by atoms with E-state index in [4.69, 9.17) is 0 Å². The van der Waals surface area contributed by atoms with Crippen LogP contribution in [0.4, 0.5) is 21.5 Å². The van der Waals surface area contributed by atoms with Gasteiger partial charge in [0, 0.05) is 12.1 Å². The van der Waals surface area contributed by atoms with E-state index in [-0.39, 0.29) is 33.5 Å². The van der Waals surface area contributed by atoms with Crippen molar-refractivity contribution < 1.29 is 26.0 Å². The van der Waals surface area contributed by atoms with Crippen LogP contribution < -0.4 is 14.8 Å². The quantitative estimate of drug-likeness (QED) is 0.505. The van der Waals surface area contributed by atoms with Crippen molar-refractivity contribution in [3.8, 4) is 0 Å². The highest BCUT2D eigenvalue weighted by molar-refractivity contribution is 7.93. The van der Waals surface area contributed by atoms with Crippen molar-refractivity contribution in [2.24, 2.45) is 0 Å². The van der Waals surface area contributed by atoms with Gasteiger partial charge in [0.15, 0.2) is 0 Å². The van der Waals surface area contributed by atoms with Gasteiger partial charge in [0.2, 0.25) is 5.91 Å². The second-order valence-corrected chi connectivity index (χ2v) is 10.4. The van der Waals surface area contributed by atoms with Crippen molar-refractivity contribution in [1.82, 2.24) is 0 Å². The fourth-order valence-corrected chi connectivity index (χ4v) is 5.42. The van der Waals surface area contributed by atoms with Gasteiger partial charge in [-0.05, 0) is 66.6 Å². The molecule has 0 bridgehead atoms. The molecule has 0 spiro atoms. The number of halogens is 1. The molecule has 11 heteroatoms. The van der Waals surface area contributed by atoms with Crippen LogP contribution in [0.5, 0.6) is 0 Å². The highest BCUT2D eigenvalue weighted by atomic mass is 32.2. The van der Waals surface area contributed by atoms with Crippen LogP contribution in [0.25, 0.3) is 0 Å². The van der Waals surface area contributed by atoms with E-state index < -0.39 is 25.9 Å². The van der Waals surface area contributed by atoms with E-state index in [1.165, 1.54) is 30.3 Å². The zero-order valence-corrected chi connectivity index (χ0v) is 18.1. The van der Waals surface area contributed by atoms with Gasteiger partial charge in [-0.2, -0.15) is 0 Å². The summed E-state index contributed by atoms with van der Waals surface area (Å²) in [7, 11) is -8.14. The standard InChI is InChI=1S/C21H18FN3O5S2/c22-15-6-8-16(9-7-15)31(27,28)24-19-3-1-2-4-20(19)25-32(29,30)17-10-11-18-14(13-17)5-12-21(26)23-18/h1-4,6-11,13,24-25H,5,12H2,(H,23,26). The van der Waals surface area contributed by atoms with Crippen LogP contribution in [0.15, 0.2) is 76.5 Å². The minimum absolute atomic E-state index is 0.00521. The lowest BCUT2D eigenvalue weighted by Gasteiger charge is -2.18. The Hall–Kier alpha value is -3.44. The molecule has 3 N–H and O–H groups in total. The molecule has 166 valence electrons. The minimum Gasteiger partial charge on any atom is -0.326 e. The maximum Gasteiger partial charge on any atom is 0.261 e. The highest BCUT2D eigenvalue weighted by Crippen LogP contribution is 2.29. The van der Waals surface area contributed by atoms with Gasteiger partial charge in [0.25, 0.3) is 20.0 Å². The van der Waals surface area contributed by atoms with E-state index in [1.54, 1.807) is 12.1 Å². The Morgan fingerprint density at radius 2 is 1.31 bits per heavy atom. The van der Waals surface area contributed by atoms with Gasteiger partial charge < -0.3 is 5.32 Å². The lowest BCUT2D eigenvalue weighted by Crippen LogP contribution is -2.20. The molecule has 32 heavy (non-hydrogen) atoms. The number of benzene rings is 3. The number of carbonyl (C=O) groups excluding carboxylic acids is 1. The second kappa shape index (κ2) is 8.24. The first kappa shape index (κ1) is 21.8. The topological polar surface area (TPSA) is 121 Å². The molecule has 3 aromatic rings. The number of sulfonamides is 2. The number of rotatable bonds is 6. The number of nitrogens with one attached hydrogen (secondary N) is 3. The van der Waals surface area contributed by atoms with Gasteiger partial charge in [-0.15, -0.1) is 0 Å². The summed E-state index contributed by atoms with van der Waals surface area (Å²) in [6, 6.07) is 14.5. The summed E-state index contributed by atoms with van der Waals surface area (Å²) in [6.07, 6.45) is 0.677. The lowest BCUT2D eigenvalue weighted by atomic mass is 10.0. The molecule has 0 unspecified atom stereocenters. The van der Waals surface area contributed by atoms with Crippen molar-refractivity contribution in [1.29, 1.82) is 0 Å². The molecular formula is C21H18FN3O5S2. The summed E-state index contributed by atoms with van der Waals surface area (Å²) >= 11 is 0. The maximum atomic E-state index is 13.1. The number of carbonyl (C=O) groups is 1. The number of para-hydroxylation sites is 2. The third kappa shape index (κ3) is 4.58. The largest absolute Gasteiger partial charge is 0.326 e. The molecule has 0 fully saturated rings. The highest BCUT2D eigenvalue weighted by Gasteiger charge is 2.22. The first-order valence-electron chi connectivity index (χ1n) is 9.47. The molecule has 0 aromatic heterocycles. The second-order valence-electron chi connectivity index (χ2n) is 7.08. The third-order valence-corrected chi connectivity index (χ3v) is 7.57. The minimum atomic E-state index is -4.08. The molecule has 0 saturated heterocycles. The summed E-state index contributed by atoms with van der Waals surface area (Å²) < 4.78 is 69.1. The summed E-state index contributed by atoms with van der Waals surface area (Å²) in [5, 5.41) is 2.69. The van der Waals surface area contributed by atoms with Crippen molar-refractivity contribution >= 4 is 43.0 Å². The van der Waals surface area contributed by atoms with Crippen LogP contribution in [0.1, 0.15) is 12.0 Å². The number of hydrogen-bond donors (Lipinski definition) is 3. The molecule has 1 amide bonds. The predicted octanol–water partition coefficient (Wildman–Crippen LogP) is 3.31. The molecule has 3 aromatic carbocycles. The predicted molar refractivity (Wildman–Crippen MR) is 118 cm³/mol. The van der Waals surface area contributed by atoms with Crippen molar-refractivity contribution in [2.45, 2.75) is 22.6 Å². The number of fused-ring (bicyclic) bond motifs is 1. The van der Waals surface area contributed by atoms with Crippen molar-refractivity contribution in [2.75, 3.05) is 14.8 Å². The molecule has 4 rings (SSSR count). The molecule has 1 heterocycles. The van der Waals surface area contributed by atoms with Gasteiger partial charge >= 0.3 is 0 Å². The molecule has 8 nitrogen and oxygen atoms in total. The number of aryl methyl sites for hydroxylation is 1. The Balaban J connectivity index is 1.62. The van der Waals surface area contributed by atoms with E-state index in [0.717, 1.165) is 24.3 Å². The van der Waals surface area contributed by atoms with Gasteiger partial charge in [0.05, 0.1) is 21.2 Å². The van der Waals surface area contributed by atoms with Crippen LogP contribution in [0.2, 0.25) is 0 Å². The monoisotopic (exact) mass is 475 g/mol. The Bertz CT molecular complexity index is 1410. The van der Waals surface area contributed by atoms with E-state index in [0.29, 0.717) is 17.7 Å². The zero-order valence-electron chi connectivity index (χ0n) is 16.5. The normalized spacial score (nSPS) is 13.7. The van der Waals surface area contributed by atoms with Gasteiger partial charge in [0.1, 0.15) is 5.82 Å². The van der Waals surface area contributed by atoms with E-state index in [9.17, 15) is 26.0 Å². The molecule has 1 aliphatic rings. The number of anilines is 3. The van der Waals surface area contributed by atoms with Gasteiger partial charge in [-0.3, -0.25) is 14.2 Å². The van der Waals surface area contributed by atoms with Gasteiger partial charge in [-0.25, -0.2) is 21.2 Å². The smallest absolute Gasteiger partial charge is 0.261 e. The van der Waals surface area contributed by atoms with Gasteiger partial charge in [-0.1, -0.05) is 12.1 Å². The van der Waals surface area contributed by atoms with E-state index in [2.05, 4.69) is 14.8 Å². The number of amides is 1. The first-order chi connectivity index (χ1) is 15.1. The molecule has 0 atom stereocenters. The van der Waals surface area contributed by atoms with Crippen LogP contribution in [-0.4, -0.2) is 22.7 Å². The summed E-state index contributed by atoms with van der Waals surface area (Å²) in [6.45, 7) is 0. The average molecular weight is 476 g/mol. The van der Waals surface area contributed by atoms with Crippen molar-refractivity contribution in [3.63, 3.8) is 0 Å².